The summed E-state index contributed by atoms with van der Waals surface area (Å²) in [7, 11) is 1.97. The summed E-state index contributed by atoms with van der Waals surface area (Å²) in [5, 5.41) is 14.2. The lowest BCUT2D eigenvalue weighted by molar-refractivity contribution is 0.371. The number of fused-ring (bicyclic) bond motifs is 1. The van der Waals surface area contributed by atoms with Crippen molar-refractivity contribution in [2.24, 2.45) is 0 Å². The van der Waals surface area contributed by atoms with E-state index in [1.807, 2.05) is 23.3 Å². The summed E-state index contributed by atoms with van der Waals surface area (Å²) in [4.78, 5) is 3.36. The highest BCUT2D eigenvalue weighted by atomic mass is 32.1. The minimum atomic E-state index is 0.491. The summed E-state index contributed by atoms with van der Waals surface area (Å²) >= 11 is 3.56. The van der Waals surface area contributed by atoms with E-state index in [4.69, 9.17) is 5.26 Å². The number of hydrogen-bond donors (Lipinski definition) is 0. The standard InChI is InChI=1S/C10H10N2S2/c1-12(3-2-11)5-9-4-8-6-13-7-10(8)14-9/h4,6-7H,3,5H2,1H3. The fourth-order valence-corrected chi connectivity index (χ4v) is 3.44. The van der Waals surface area contributed by atoms with E-state index < -0.39 is 0 Å². The van der Waals surface area contributed by atoms with E-state index in [1.54, 1.807) is 11.3 Å². The first-order chi connectivity index (χ1) is 6.79. The molecule has 2 aromatic rings. The molecule has 4 heteroatoms. The molecule has 14 heavy (non-hydrogen) atoms. The summed E-state index contributed by atoms with van der Waals surface area (Å²) < 4.78 is 1.36. The molecule has 2 aromatic heterocycles. The van der Waals surface area contributed by atoms with E-state index in [2.05, 4.69) is 22.9 Å². The summed E-state index contributed by atoms with van der Waals surface area (Å²) in [6.07, 6.45) is 0. The van der Waals surface area contributed by atoms with Crippen LogP contribution in [0, 0.1) is 11.3 Å². The van der Waals surface area contributed by atoms with Crippen molar-refractivity contribution in [2.75, 3.05) is 13.6 Å². The highest BCUT2D eigenvalue weighted by molar-refractivity contribution is 7.22. The minimum absolute atomic E-state index is 0.491. The van der Waals surface area contributed by atoms with Crippen LogP contribution in [0.1, 0.15) is 4.88 Å². The first-order valence-corrected chi connectivity index (χ1v) is 6.05. The number of hydrogen-bond acceptors (Lipinski definition) is 4. The Kier molecular flexibility index (Phi) is 2.82. The van der Waals surface area contributed by atoms with Gasteiger partial charge in [0, 0.05) is 26.9 Å². The normalized spacial score (nSPS) is 10.9. The first-order valence-electron chi connectivity index (χ1n) is 4.29. The maximum Gasteiger partial charge on any atom is 0.0866 e. The van der Waals surface area contributed by atoms with E-state index in [0.29, 0.717) is 6.54 Å². The topological polar surface area (TPSA) is 27.0 Å². The van der Waals surface area contributed by atoms with Crippen LogP contribution in [0.5, 0.6) is 0 Å². The van der Waals surface area contributed by atoms with Crippen molar-refractivity contribution >= 4 is 32.8 Å². The van der Waals surface area contributed by atoms with E-state index in [0.717, 1.165) is 6.54 Å². The lowest BCUT2D eigenvalue weighted by Crippen LogP contribution is -2.16. The molecular formula is C10H10N2S2. The molecule has 0 saturated carbocycles. The molecule has 72 valence electrons. The van der Waals surface area contributed by atoms with Gasteiger partial charge in [0.1, 0.15) is 0 Å². The molecule has 0 amide bonds. The molecule has 0 aromatic carbocycles. The van der Waals surface area contributed by atoms with Gasteiger partial charge in [-0.25, -0.2) is 0 Å². The Morgan fingerprint density at radius 3 is 3.07 bits per heavy atom. The number of nitrogens with zero attached hydrogens (tertiary/aromatic N) is 2. The molecule has 0 atom stereocenters. The third-order valence-electron chi connectivity index (χ3n) is 1.98. The fraction of sp³-hybridized carbons (Fsp3) is 0.300. The van der Waals surface area contributed by atoms with E-state index in [1.165, 1.54) is 15.0 Å². The zero-order chi connectivity index (χ0) is 9.97. The molecule has 0 radical (unpaired) electrons. The van der Waals surface area contributed by atoms with Crippen LogP contribution in [-0.2, 0) is 6.54 Å². The van der Waals surface area contributed by atoms with Crippen molar-refractivity contribution in [1.82, 2.24) is 4.90 Å². The largest absolute Gasteiger partial charge is 0.289 e. The lowest BCUT2D eigenvalue weighted by atomic mass is 10.3. The number of thiophene rings is 2. The molecule has 0 aliphatic rings. The van der Waals surface area contributed by atoms with Gasteiger partial charge < -0.3 is 0 Å². The quantitative estimate of drug-likeness (QED) is 0.747. The zero-order valence-corrected chi connectivity index (χ0v) is 9.49. The van der Waals surface area contributed by atoms with Gasteiger partial charge in [-0.2, -0.15) is 16.6 Å². The maximum absolute atomic E-state index is 8.53. The predicted molar refractivity (Wildman–Crippen MR) is 61.6 cm³/mol. The Labute approximate surface area is 91.0 Å². The monoisotopic (exact) mass is 222 g/mol. The van der Waals surface area contributed by atoms with Crippen molar-refractivity contribution in [2.45, 2.75) is 6.54 Å². The van der Waals surface area contributed by atoms with Crippen LogP contribution in [0.25, 0.3) is 10.1 Å². The molecule has 2 nitrogen and oxygen atoms in total. The van der Waals surface area contributed by atoms with Gasteiger partial charge in [-0.1, -0.05) is 0 Å². The summed E-state index contributed by atoms with van der Waals surface area (Å²) in [6.45, 7) is 1.36. The predicted octanol–water partition coefficient (Wildman–Crippen LogP) is 2.92. The number of nitriles is 1. The van der Waals surface area contributed by atoms with Crippen LogP contribution in [0.2, 0.25) is 0 Å². The molecule has 0 unspecified atom stereocenters. The molecule has 0 fully saturated rings. The van der Waals surface area contributed by atoms with Gasteiger partial charge >= 0.3 is 0 Å². The van der Waals surface area contributed by atoms with Crippen molar-refractivity contribution in [1.29, 1.82) is 5.26 Å². The maximum atomic E-state index is 8.53. The van der Waals surface area contributed by atoms with Gasteiger partial charge in [-0.15, -0.1) is 11.3 Å². The second-order valence-corrected chi connectivity index (χ2v) is 5.15. The summed E-state index contributed by atoms with van der Waals surface area (Å²) in [6, 6.07) is 4.36. The highest BCUT2D eigenvalue weighted by Crippen LogP contribution is 2.29. The molecule has 0 saturated heterocycles. The molecule has 0 spiro atoms. The van der Waals surface area contributed by atoms with E-state index in [-0.39, 0.29) is 0 Å². The lowest BCUT2D eigenvalue weighted by Gasteiger charge is -2.09. The summed E-state index contributed by atoms with van der Waals surface area (Å²) in [5.41, 5.74) is 0. The zero-order valence-electron chi connectivity index (χ0n) is 7.86. The fourth-order valence-electron chi connectivity index (χ4n) is 1.35. The second kappa shape index (κ2) is 4.09. The van der Waals surface area contributed by atoms with Gasteiger partial charge in [0.25, 0.3) is 0 Å². The average Bonchev–Trinajstić information content (AvgIpc) is 2.63. The van der Waals surface area contributed by atoms with Gasteiger partial charge in [0.2, 0.25) is 0 Å². The number of rotatable bonds is 3. The molecule has 2 heterocycles. The van der Waals surface area contributed by atoms with Gasteiger partial charge in [-0.05, 0) is 18.5 Å². The van der Waals surface area contributed by atoms with Crippen molar-refractivity contribution in [3.63, 3.8) is 0 Å². The van der Waals surface area contributed by atoms with Gasteiger partial charge in [0.15, 0.2) is 0 Å². The van der Waals surface area contributed by atoms with Crippen LogP contribution in [-0.4, -0.2) is 18.5 Å². The Morgan fingerprint density at radius 1 is 1.50 bits per heavy atom. The first kappa shape index (κ1) is 9.66. The van der Waals surface area contributed by atoms with Crippen molar-refractivity contribution in [3.05, 3.63) is 21.7 Å². The smallest absolute Gasteiger partial charge is 0.0866 e. The van der Waals surface area contributed by atoms with Gasteiger partial charge in [-0.3, -0.25) is 4.90 Å². The summed E-state index contributed by atoms with van der Waals surface area (Å²) in [5.74, 6) is 0. The van der Waals surface area contributed by atoms with Gasteiger partial charge in [0.05, 0.1) is 12.6 Å². The minimum Gasteiger partial charge on any atom is -0.289 e. The third kappa shape index (κ3) is 1.95. The van der Waals surface area contributed by atoms with E-state index in [9.17, 15) is 0 Å². The molecule has 0 N–H and O–H groups in total. The molecular weight excluding hydrogens is 212 g/mol. The molecule has 0 aliphatic carbocycles. The Morgan fingerprint density at radius 2 is 2.36 bits per heavy atom. The third-order valence-corrected chi connectivity index (χ3v) is 3.97. The average molecular weight is 222 g/mol. The molecule has 2 rings (SSSR count). The molecule has 0 bridgehead atoms. The molecule has 0 aliphatic heterocycles. The van der Waals surface area contributed by atoms with Crippen LogP contribution in [0.15, 0.2) is 16.8 Å². The van der Waals surface area contributed by atoms with Crippen LogP contribution < -0.4 is 0 Å². The van der Waals surface area contributed by atoms with Crippen LogP contribution >= 0.6 is 22.7 Å². The highest BCUT2D eigenvalue weighted by Gasteiger charge is 2.04. The second-order valence-electron chi connectivity index (χ2n) is 3.23. The Balaban J connectivity index is 2.12. The van der Waals surface area contributed by atoms with E-state index >= 15 is 0 Å². The SMILES string of the molecule is CN(CC#N)Cc1cc2cscc2s1. The Bertz CT molecular complexity index is 435. The van der Waals surface area contributed by atoms with Crippen molar-refractivity contribution < 1.29 is 0 Å². The Hall–Kier alpha value is -0.890. The van der Waals surface area contributed by atoms with Crippen molar-refractivity contribution in [3.8, 4) is 6.07 Å². The van der Waals surface area contributed by atoms with Crippen LogP contribution in [0.3, 0.4) is 0 Å². The van der Waals surface area contributed by atoms with Crippen LogP contribution in [0.4, 0.5) is 0 Å².